The Hall–Kier alpha value is -3.02. The number of piperidine rings is 1. The number of para-hydroxylation sites is 1. The number of anilines is 1. The Kier molecular flexibility index (Phi) is 4.71. The molecule has 0 aromatic heterocycles. The molecule has 0 saturated carbocycles. The fraction of sp³-hybridized carbons (Fsp3) is 0.333. The van der Waals surface area contributed by atoms with E-state index in [1.54, 1.807) is 7.11 Å². The van der Waals surface area contributed by atoms with Gasteiger partial charge in [-0.3, -0.25) is 0 Å². The van der Waals surface area contributed by atoms with E-state index in [4.69, 9.17) is 9.57 Å². The molecule has 1 saturated heterocycles. The van der Waals surface area contributed by atoms with Crippen molar-refractivity contribution in [2.24, 2.45) is 5.16 Å². The number of hydrogen-bond donors (Lipinski definition) is 1. The van der Waals surface area contributed by atoms with E-state index in [1.807, 2.05) is 59.5 Å². The molecule has 2 amide bonds. The number of nitrogens with one attached hydrogen (secondary N) is 1. The van der Waals surface area contributed by atoms with E-state index in [0.29, 0.717) is 13.1 Å². The second-order valence-electron chi connectivity index (χ2n) is 7.00. The zero-order chi connectivity index (χ0) is 18.7. The average Bonchev–Trinajstić information content (AvgIpc) is 3.13. The maximum atomic E-state index is 12.5. The number of ether oxygens (including phenoxy) is 1. The van der Waals surface area contributed by atoms with Crippen LogP contribution in [0.25, 0.3) is 0 Å². The molecule has 140 valence electrons. The lowest BCUT2D eigenvalue weighted by molar-refractivity contribution is -0.0544. The lowest BCUT2D eigenvalue weighted by Gasteiger charge is -2.37. The second-order valence-corrected chi connectivity index (χ2v) is 7.00. The van der Waals surface area contributed by atoms with Crippen LogP contribution in [-0.4, -0.2) is 42.4 Å². The summed E-state index contributed by atoms with van der Waals surface area (Å²) in [5, 5.41) is 7.28. The summed E-state index contributed by atoms with van der Waals surface area (Å²) in [5.41, 5.74) is 2.47. The molecular weight excluding hydrogens is 342 g/mol. The van der Waals surface area contributed by atoms with Crippen LogP contribution in [0.15, 0.2) is 59.8 Å². The Morgan fingerprint density at radius 3 is 2.67 bits per heavy atom. The van der Waals surface area contributed by atoms with E-state index in [9.17, 15) is 4.79 Å². The van der Waals surface area contributed by atoms with E-state index >= 15 is 0 Å². The molecule has 6 heteroatoms. The first-order chi connectivity index (χ1) is 13.2. The summed E-state index contributed by atoms with van der Waals surface area (Å²) in [6.07, 6.45) is 2.30. The lowest BCUT2D eigenvalue weighted by Crippen LogP contribution is -2.48. The molecule has 0 bridgehead atoms. The number of hydrogen-bond acceptors (Lipinski definition) is 4. The van der Waals surface area contributed by atoms with Crippen LogP contribution in [0.2, 0.25) is 0 Å². The molecule has 27 heavy (non-hydrogen) atoms. The Balaban J connectivity index is 1.35. The maximum Gasteiger partial charge on any atom is 0.321 e. The summed E-state index contributed by atoms with van der Waals surface area (Å²) in [5.74, 6) is 0.809. The Morgan fingerprint density at radius 2 is 1.93 bits per heavy atom. The lowest BCUT2D eigenvalue weighted by atomic mass is 9.85. The van der Waals surface area contributed by atoms with Gasteiger partial charge in [0.15, 0.2) is 0 Å². The zero-order valence-corrected chi connectivity index (χ0v) is 15.4. The van der Waals surface area contributed by atoms with E-state index < -0.39 is 0 Å². The molecule has 4 rings (SSSR count). The van der Waals surface area contributed by atoms with Gasteiger partial charge in [0.1, 0.15) is 11.4 Å². The normalized spacial score (nSPS) is 18.0. The third-order valence-corrected chi connectivity index (χ3v) is 5.23. The van der Waals surface area contributed by atoms with Crippen LogP contribution in [0.4, 0.5) is 10.5 Å². The Morgan fingerprint density at radius 1 is 1.15 bits per heavy atom. The summed E-state index contributed by atoms with van der Waals surface area (Å²) in [7, 11) is 1.66. The van der Waals surface area contributed by atoms with Gasteiger partial charge in [-0.2, -0.15) is 0 Å². The van der Waals surface area contributed by atoms with Gasteiger partial charge in [-0.05, 0) is 24.3 Å². The predicted molar refractivity (Wildman–Crippen MR) is 104 cm³/mol. The summed E-state index contributed by atoms with van der Waals surface area (Å²) in [6, 6.07) is 17.3. The molecule has 2 aliphatic rings. The maximum absolute atomic E-state index is 12.5. The SMILES string of the molecule is COc1cccc(C2=NOC3(CCN(C(=O)Nc4ccccc4)CC3)C2)c1. The first kappa shape index (κ1) is 17.4. The van der Waals surface area contributed by atoms with Crippen LogP contribution < -0.4 is 10.1 Å². The quantitative estimate of drug-likeness (QED) is 0.898. The number of benzene rings is 2. The third-order valence-electron chi connectivity index (χ3n) is 5.23. The Labute approximate surface area is 158 Å². The molecule has 0 radical (unpaired) electrons. The van der Waals surface area contributed by atoms with Crippen molar-refractivity contribution < 1.29 is 14.4 Å². The first-order valence-corrected chi connectivity index (χ1v) is 9.18. The molecule has 0 unspecified atom stereocenters. The summed E-state index contributed by atoms with van der Waals surface area (Å²) in [6.45, 7) is 1.30. The molecule has 2 aromatic rings. The molecule has 1 spiro atoms. The topological polar surface area (TPSA) is 63.2 Å². The van der Waals surface area contributed by atoms with Crippen molar-refractivity contribution in [3.8, 4) is 5.75 Å². The highest BCUT2D eigenvalue weighted by atomic mass is 16.7. The number of urea groups is 1. The second kappa shape index (κ2) is 7.31. The van der Waals surface area contributed by atoms with Gasteiger partial charge >= 0.3 is 6.03 Å². The predicted octanol–water partition coefficient (Wildman–Crippen LogP) is 3.89. The largest absolute Gasteiger partial charge is 0.497 e. The highest BCUT2D eigenvalue weighted by Crippen LogP contribution is 2.36. The number of methoxy groups -OCH3 is 1. The van der Waals surface area contributed by atoms with Crippen LogP contribution in [0.5, 0.6) is 5.75 Å². The number of carbonyl (C=O) groups excluding carboxylic acids is 1. The summed E-state index contributed by atoms with van der Waals surface area (Å²) in [4.78, 5) is 20.2. The van der Waals surface area contributed by atoms with Gasteiger partial charge in [0.25, 0.3) is 0 Å². The van der Waals surface area contributed by atoms with Crippen molar-refractivity contribution in [3.05, 3.63) is 60.2 Å². The van der Waals surface area contributed by atoms with E-state index in [2.05, 4.69) is 10.5 Å². The van der Waals surface area contributed by atoms with Gasteiger partial charge in [0.2, 0.25) is 0 Å². The number of amides is 2. The van der Waals surface area contributed by atoms with Crippen molar-refractivity contribution in [2.45, 2.75) is 24.9 Å². The van der Waals surface area contributed by atoms with Crippen LogP contribution in [0.1, 0.15) is 24.8 Å². The molecule has 6 nitrogen and oxygen atoms in total. The monoisotopic (exact) mass is 365 g/mol. The summed E-state index contributed by atoms with van der Waals surface area (Å²) < 4.78 is 5.29. The van der Waals surface area contributed by atoms with Crippen molar-refractivity contribution in [1.29, 1.82) is 0 Å². The number of carbonyl (C=O) groups is 1. The summed E-state index contributed by atoms with van der Waals surface area (Å²) >= 11 is 0. The van der Waals surface area contributed by atoms with Crippen LogP contribution >= 0.6 is 0 Å². The minimum absolute atomic E-state index is 0.0667. The number of oxime groups is 1. The highest BCUT2D eigenvalue weighted by molar-refractivity contribution is 6.02. The van der Waals surface area contributed by atoms with Crippen molar-refractivity contribution in [2.75, 3.05) is 25.5 Å². The standard InChI is InChI=1S/C21H23N3O3/c1-26-18-9-5-6-16(14-18)19-15-21(27-23-19)10-12-24(13-11-21)20(25)22-17-7-3-2-4-8-17/h2-9,14H,10-13,15H2,1H3,(H,22,25). The molecule has 0 atom stereocenters. The van der Waals surface area contributed by atoms with E-state index in [1.165, 1.54) is 0 Å². The molecular formula is C21H23N3O3. The van der Waals surface area contributed by atoms with Gasteiger partial charge in [-0.25, -0.2) is 4.79 Å². The van der Waals surface area contributed by atoms with Crippen LogP contribution in [0.3, 0.4) is 0 Å². The van der Waals surface area contributed by atoms with E-state index in [0.717, 1.165) is 42.0 Å². The molecule has 2 aliphatic heterocycles. The average molecular weight is 365 g/mol. The molecule has 2 aromatic carbocycles. The number of nitrogens with zero attached hydrogens (tertiary/aromatic N) is 2. The molecule has 1 fully saturated rings. The third kappa shape index (κ3) is 3.74. The van der Waals surface area contributed by atoms with Crippen LogP contribution in [0, 0.1) is 0 Å². The molecule has 2 heterocycles. The smallest absolute Gasteiger partial charge is 0.321 e. The number of likely N-dealkylation sites (tertiary alicyclic amines) is 1. The van der Waals surface area contributed by atoms with Gasteiger partial charge < -0.3 is 19.8 Å². The van der Waals surface area contributed by atoms with Crippen molar-refractivity contribution in [3.63, 3.8) is 0 Å². The zero-order valence-electron chi connectivity index (χ0n) is 15.4. The number of rotatable bonds is 3. The minimum Gasteiger partial charge on any atom is -0.497 e. The van der Waals surface area contributed by atoms with Crippen molar-refractivity contribution >= 4 is 17.4 Å². The fourth-order valence-corrected chi connectivity index (χ4v) is 3.59. The minimum atomic E-state index is -0.304. The van der Waals surface area contributed by atoms with Crippen LogP contribution in [-0.2, 0) is 4.84 Å². The van der Waals surface area contributed by atoms with E-state index in [-0.39, 0.29) is 11.6 Å². The van der Waals surface area contributed by atoms with Gasteiger partial charge in [-0.15, -0.1) is 0 Å². The van der Waals surface area contributed by atoms with Gasteiger partial charge in [-0.1, -0.05) is 35.5 Å². The molecule has 0 aliphatic carbocycles. The first-order valence-electron chi connectivity index (χ1n) is 9.18. The molecule has 1 N–H and O–H groups in total. The van der Waals surface area contributed by atoms with Gasteiger partial charge in [0.05, 0.1) is 12.8 Å². The van der Waals surface area contributed by atoms with Crippen molar-refractivity contribution in [1.82, 2.24) is 4.90 Å². The highest BCUT2D eigenvalue weighted by Gasteiger charge is 2.43. The van der Waals surface area contributed by atoms with Gasteiger partial charge in [0, 0.05) is 43.6 Å². The fourth-order valence-electron chi connectivity index (χ4n) is 3.59. The Bertz CT molecular complexity index is 843.